The molecule has 1 aromatic heterocycles. The van der Waals surface area contributed by atoms with Crippen LogP contribution in [0.3, 0.4) is 0 Å². The van der Waals surface area contributed by atoms with Gasteiger partial charge in [-0.15, -0.1) is 0 Å². The number of aryl methyl sites for hydroxylation is 1. The maximum atomic E-state index is 14.9. The van der Waals surface area contributed by atoms with Crippen molar-refractivity contribution in [3.63, 3.8) is 0 Å². The van der Waals surface area contributed by atoms with E-state index in [1.54, 1.807) is 0 Å². The van der Waals surface area contributed by atoms with Crippen molar-refractivity contribution < 1.29 is 8.97 Å². The Morgan fingerprint density at radius 2 is 1.55 bits per heavy atom. The van der Waals surface area contributed by atoms with Gasteiger partial charge in [-0.05, 0) is 19.1 Å². The zero-order chi connectivity index (χ0) is 20.1. The zero-order valence-electron chi connectivity index (χ0n) is 16.8. The van der Waals surface area contributed by atoms with Crippen LogP contribution in [-0.4, -0.2) is 35.0 Å². The normalized spacial score (nSPS) is 18.6. The first kappa shape index (κ1) is 19.3. The third-order valence-electron chi connectivity index (χ3n) is 5.41. The molecule has 0 N–H and O–H groups in total. The number of pyridine rings is 1. The van der Waals surface area contributed by atoms with Crippen LogP contribution in [0, 0.1) is 12.8 Å². The Hall–Kier alpha value is -3.01. The maximum Gasteiger partial charge on any atom is 0.168 e. The molecule has 0 spiro atoms. The van der Waals surface area contributed by atoms with Gasteiger partial charge < -0.3 is 4.90 Å². The highest BCUT2D eigenvalue weighted by Gasteiger charge is 2.34. The van der Waals surface area contributed by atoms with Crippen LogP contribution in [0.1, 0.15) is 16.8 Å². The standard InChI is InChI=1S/C25H27FN3/c1-20-12-13-24(14-27-20)29-18-23(25(26)19-29)17-28(15-21-8-4-2-5-9-21)16-22-10-6-3-7-11-22/h2-14,17,23,25H,15-16,18-19H2,1H3/q+1/t23?,25-/m1/s1. The van der Waals surface area contributed by atoms with Gasteiger partial charge in [0.1, 0.15) is 12.4 Å². The summed E-state index contributed by atoms with van der Waals surface area (Å²) in [5, 5.41) is 0. The largest absolute Gasteiger partial charge is 0.366 e. The molecule has 1 aliphatic heterocycles. The smallest absolute Gasteiger partial charge is 0.168 e. The van der Waals surface area contributed by atoms with Crippen molar-refractivity contribution in [2.45, 2.75) is 26.2 Å². The molecule has 4 heteroatoms. The van der Waals surface area contributed by atoms with Crippen LogP contribution in [0.2, 0.25) is 0 Å². The summed E-state index contributed by atoms with van der Waals surface area (Å²) in [6.07, 6.45) is 3.06. The van der Waals surface area contributed by atoms with Crippen LogP contribution in [-0.2, 0) is 13.1 Å². The molecule has 148 valence electrons. The van der Waals surface area contributed by atoms with Crippen LogP contribution in [0.25, 0.3) is 0 Å². The van der Waals surface area contributed by atoms with Crippen molar-refractivity contribution in [3.8, 4) is 0 Å². The lowest BCUT2D eigenvalue weighted by molar-refractivity contribution is -0.557. The highest BCUT2D eigenvalue weighted by Crippen LogP contribution is 2.25. The summed E-state index contributed by atoms with van der Waals surface area (Å²) in [6.45, 7) is 4.59. The number of anilines is 1. The lowest BCUT2D eigenvalue weighted by atomic mass is 10.1. The fraction of sp³-hybridized carbons (Fsp3) is 0.280. The Morgan fingerprint density at radius 3 is 2.10 bits per heavy atom. The molecule has 0 saturated carbocycles. The molecule has 2 heterocycles. The van der Waals surface area contributed by atoms with Gasteiger partial charge in [0.15, 0.2) is 13.1 Å². The second-order valence-corrected chi connectivity index (χ2v) is 7.77. The first-order valence-electron chi connectivity index (χ1n) is 10.2. The number of hydrogen-bond acceptors (Lipinski definition) is 2. The van der Waals surface area contributed by atoms with Crippen LogP contribution < -0.4 is 4.90 Å². The van der Waals surface area contributed by atoms with Crippen molar-refractivity contribution in [2.24, 2.45) is 5.92 Å². The van der Waals surface area contributed by atoms with Crippen LogP contribution >= 0.6 is 0 Å². The molecule has 0 amide bonds. The van der Waals surface area contributed by atoms with E-state index < -0.39 is 6.17 Å². The fourth-order valence-electron chi connectivity index (χ4n) is 3.86. The van der Waals surface area contributed by atoms with Gasteiger partial charge in [0.2, 0.25) is 0 Å². The van der Waals surface area contributed by atoms with Crippen molar-refractivity contribution in [3.05, 3.63) is 95.8 Å². The van der Waals surface area contributed by atoms with E-state index in [1.807, 2.05) is 37.4 Å². The maximum absolute atomic E-state index is 14.9. The van der Waals surface area contributed by atoms with Gasteiger partial charge in [-0.1, -0.05) is 60.7 Å². The van der Waals surface area contributed by atoms with Gasteiger partial charge in [0, 0.05) is 23.4 Å². The SMILES string of the molecule is Cc1ccc(N2CC(C=[N+](Cc3ccccc3)Cc3ccccc3)[C@H](F)C2)cn1. The van der Waals surface area contributed by atoms with Crippen LogP contribution in [0.5, 0.6) is 0 Å². The molecule has 0 bridgehead atoms. The van der Waals surface area contributed by atoms with Crippen molar-refractivity contribution in [2.75, 3.05) is 18.0 Å². The number of aromatic nitrogens is 1. The lowest BCUT2D eigenvalue weighted by Gasteiger charge is -2.17. The molecule has 1 saturated heterocycles. The molecule has 29 heavy (non-hydrogen) atoms. The number of alkyl halides is 1. The average molecular weight is 389 g/mol. The molecule has 4 rings (SSSR count). The van der Waals surface area contributed by atoms with Gasteiger partial charge in [-0.25, -0.2) is 8.97 Å². The first-order chi connectivity index (χ1) is 14.2. The van der Waals surface area contributed by atoms with E-state index in [2.05, 4.69) is 69.2 Å². The van der Waals surface area contributed by atoms with Gasteiger partial charge in [-0.3, -0.25) is 4.98 Å². The summed E-state index contributed by atoms with van der Waals surface area (Å²) in [5.41, 5.74) is 4.43. The predicted octanol–water partition coefficient (Wildman–Crippen LogP) is 4.65. The van der Waals surface area contributed by atoms with Crippen molar-refractivity contribution in [1.29, 1.82) is 0 Å². The number of nitrogens with zero attached hydrogens (tertiary/aromatic N) is 3. The minimum absolute atomic E-state index is 0.135. The summed E-state index contributed by atoms with van der Waals surface area (Å²) in [5.74, 6) is -0.135. The van der Waals surface area contributed by atoms with E-state index in [0.717, 1.165) is 24.5 Å². The van der Waals surface area contributed by atoms with Crippen LogP contribution in [0.15, 0.2) is 79.0 Å². The number of rotatable bonds is 6. The topological polar surface area (TPSA) is 19.1 Å². The third-order valence-corrected chi connectivity index (χ3v) is 5.41. The predicted molar refractivity (Wildman–Crippen MR) is 116 cm³/mol. The molecule has 3 nitrogen and oxygen atoms in total. The molecule has 2 atom stereocenters. The molecule has 2 aromatic carbocycles. The Morgan fingerprint density at radius 1 is 0.931 bits per heavy atom. The van der Waals surface area contributed by atoms with E-state index in [-0.39, 0.29) is 5.92 Å². The Labute approximate surface area is 172 Å². The molecule has 0 aliphatic carbocycles. The molecule has 3 aromatic rings. The molecule has 0 radical (unpaired) electrons. The van der Waals surface area contributed by atoms with Crippen LogP contribution in [0.4, 0.5) is 10.1 Å². The minimum Gasteiger partial charge on any atom is -0.366 e. The van der Waals surface area contributed by atoms with Gasteiger partial charge >= 0.3 is 0 Å². The number of halogens is 1. The van der Waals surface area contributed by atoms with E-state index in [4.69, 9.17) is 0 Å². The number of benzene rings is 2. The minimum atomic E-state index is -0.884. The van der Waals surface area contributed by atoms with E-state index in [9.17, 15) is 4.39 Å². The summed E-state index contributed by atoms with van der Waals surface area (Å²) in [4.78, 5) is 6.46. The van der Waals surface area contributed by atoms with Gasteiger partial charge in [0.05, 0.1) is 24.3 Å². The lowest BCUT2D eigenvalue weighted by Crippen LogP contribution is -2.24. The van der Waals surface area contributed by atoms with E-state index >= 15 is 0 Å². The quantitative estimate of drug-likeness (QED) is 0.452. The van der Waals surface area contributed by atoms with E-state index in [0.29, 0.717) is 13.1 Å². The Balaban J connectivity index is 1.55. The monoisotopic (exact) mass is 388 g/mol. The highest BCUT2D eigenvalue weighted by atomic mass is 19.1. The van der Waals surface area contributed by atoms with Gasteiger partial charge in [-0.2, -0.15) is 0 Å². The second kappa shape index (κ2) is 8.99. The van der Waals surface area contributed by atoms with E-state index in [1.165, 1.54) is 11.1 Å². The third kappa shape index (κ3) is 5.08. The second-order valence-electron chi connectivity index (χ2n) is 7.77. The fourth-order valence-corrected chi connectivity index (χ4v) is 3.86. The summed E-state index contributed by atoms with van der Waals surface area (Å²) in [6, 6.07) is 24.8. The summed E-state index contributed by atoms with van der Waals surface area (Å²) in [7, 11) is 0. The summed E-state index contributed by atoms with van der Waals surface area (Å²) < 4.78 is 17.2. The van der Waals surface area contributed by atoms with Gasteiger partial charge in [0.25, 0.3) is 0 Å². The van der Waals surface area contributed by atoms with Crippen molar-refractivity contribution >= 4 is 11.9 Å². The van der Waals surface area contributed by atoms with Crippen molar-refractivity contribution in [1.82, 2.24) is 4.98 Å². The average Bonchev–Trinajstić information content (AvgIpc) is 3.10. The molecule has 1 fully saturated rings. The zero-order valence-corrected chi connectivity index (χ0v) is 16.8. The summed E-state index contributed by atoms with van der Waals surface area (Å²) >= 11 is 0. The first-order valence-corrected chi connectivity index (χ1v) is 10.2. The highest BCUT2D eigenvalue weighted by molar-refractivity contribution is 5.61. The molecular formula is C25H27FN3+. The number of hydrogen-bond donors (Lipinski definition) is 0. The molecular weight excluding hydrogens is 361 g/mol. The Bertz CT molecular complexity index is 895. The molecule has 1 unspecified atom stereocenters. The molecule has 1 aliphatic rings. The Kier molecular flexibility index (Phi) is 5.99.